The predicted molar refractivity (Wildman–Crippen MR) is 140 cm³/mol. The lowest BCUT2D eigenvalue weighted by molar-refractivity contribution is 0.0934. The predicted octanol–water partition coefficient (Wildman–Crippen LogP) is 5.51. The van der Waals surface area contributed by atoms with E-state index >= 15 is 0 Å². The second kappa shape index (κ2) is 8.87. The quantitative estimate of drug-likeness (QED) is 0.360. The molecule has 5 rings (SSSR count). The Bertz CT molecular complexity index is 1630. The molecule has 3 aromatic carbocycles. The Morgan fingerprint density at radius 1 is 1.03 bits per heavy atom. The number of carbonyl (C=O) groups is 1. The smallest absolute Gasteiger partial charge is 0.274 e. The molecule has 0 bridgehead atoms. The molecule has 1 unspecified atom stereocenters. The Kier molecular flexibility index (Phi) is 5.73. The largest absolute Gasteiger partial charge is 0.344 e. The number of nitrogens with zero attached hydrogens (tertiary/aromatic N) is 2. The topological polar surface area (TPSA) is 79.3 Å². The van der Waals surface area contributed by atoms with Crippen LogP contribution >= 0.6 is 0 Å². The normalized spacial score (nSPS) is 12.2. The molecule has 6 nitrogen and oxygen atoms in total. The summed E-state index contributed by atoms with van der Waals surface area (Å²) in [7, 11) is 0. The Morgan fingerprint density at radius 2 is 1.74 bits per heavy atom. The fourth-order valence-corrected chi connectivity index (χ4v) is 4.61. The Hall–Kier alpha value is -4.19. The van der Waals surface area contributed by atoms with Gasteiger partial charge in [-0.05, 0) is 55.2 Å². The van der Waals surface area contributed by atoms with Crippen LogP contribution in [0.4, 0.5) is 0 Å². The van der Waals surface area contributed by atoms with Crippen LogP contribution in [0.3, 0.4) is 0 Å². The molecular formula is C29H28N4O2. The maximum absolute atomic E-state index is 13.2. The molecule has 0 spiro atoms. The van der Waals surface area contributed by atoms with Gasteiger partial charge in [-0.1, -0.05) is 67.6 Å². The van der Waals surface area contributed by atoms with Gasteiger partial charge in [-0.25, -0.2) is 4.52 Å². The average molecular weight is 465 g/mol. The molecule has 1 amide bonds. The summed E-state index contributed by atoms with van der Waals surface area (Å²) >= 11 is 0. The van der Waals surface area contributed by atoms with E-state index in [1.807, 2.05) is 56.3 Å². The van der Waals surface area contributed by atoms with E-state index in [1.54, 1.807) is 11.4 Å². The third kappa shape index (κ3) is 4.01. The molecule has 2 heterocycles. The van der Waals surface area contributed by atoms with Crippen LogP contribution in [-0.4, -0.2) is 20.5 Å². The van der Waals surface area contributed by atoms with Crippen molar-refractivity contribution in [2.24, 2.45) is 0 Å². The highest BCUT2D eigenvalue weighted by Gasteiger charge is 2.22. The summed E-state index contributed by atoms with van der Waals surface area (Å²) in [5, 5.41) is 9.83. The van der Waals surface area contributed by atoms with E-state index in [2.05, 4.69) is 46.6 Å². The number of carbonyl (C=O) groups excluding carboxylic acids is 1. The van der Waals surface area contributed by atoms with Gasteiger partial charge in [-0.2, -0.15) is 5.10 Å². The van der Waals surface area contributed by atoms with Crippen LogP contribution in [0.15, 0.2) is 71.5 Å². The highest BCUT2D eigenvalue weighted by Crippen LogP contribution is 2.26. The lowest BCUT2D eigenvalue weighted by Gasteiger charge is -2.14. The zero-order valence-electron chi connectivity index (χ0n) is 20.3. The average Bonchev–Trinajstić information content (AvgIpc) is 3.24. The van der Waals surface area contributed by atoms with Gasteiger partial charge < -0.3 is 10.3 Å². The van der Waals surface area contributed by atoms with Crippen LogP contribution < -0.4 is 10.9 Å². The van der Waals surface area contributed by atoms with Gasteiger partial charge in [0.25, 0.3) is 11.5 Å². The standard InChI is InChI=1S/C29H28N4O2/c1-5-20-10-12-21(13-11-20)18(3)30-28(34)25-17(2)27-29(35)31-26(19(4)33(27)32-25)24-15-14-22-8-6-7-9-23(22)16-24/h6-16,18H,5H2,1-4H3,(H,30,34)(H,31,35). The molecular weight excluding hydrogens is 436 g/mol. The first-order valence-electron chi connectivity index (χ1n) is 11.9. The Morgan fingerprint density at radius 3 is 2.46 bits per heavy atom. The summed E-state index contributed by atoms with van der Waals surface area (Å²) < 4.78 is 1.59. The number of fused-ring (bicyclic) bond motifs is 2. The summed E-state index contributed by atoms with van der Waals surface area (Å²) in [5.41, 5.74) is 5.54. The Labute approximate surface area is 203 Å². The van der Waals surface area contributed by atoms with Crippen molar-refractivity contribution in [1.82, 2.24) is 19.9 Å². The minimum absolute atomic E-state index is 0.190. The van der Waals surface area contributed by atoms with Gasteiger partial charge in [0.05, 0.1) is 17.4 Å². The first kappa shape index (κ1) is 22.6. The van der Waals surface area contributed by atoms with Crippen molar-refractivity contribution in [3.05, 3.63) is 105 Å². The van der Waals surface area contributed by atoms with E-state index in [0.717, 1.165) is 34.0 Å². The summed E-state index contributed by atoms with van der Waals surface area (Å²) in [6, 6.07) is 22.2. The number of amides is 1. The molecule has 6 heteroatoms. The highest BCUT2D eigenvalue weighted by atomic mass is 16.2. The maximum atomic E-state index is 13.2. The highest BCUT2D eigenvalue weighted by molar-refractivity contribution is 5.96. The van der Waals surface area contributed by atoms with Crippen molar-refractivity contribution < 1.29 is 4.79 Å². The van der Waals surface area contributed by atoms with Crippen LogP contribution in [0.5, 0.6) is 0 Å². The molecule has 0 aliphatic carbocycles. The van der Waals surface area contributed by atoms with Gasteiger partial charge in [0.2, 0.25) is 0 Å². The fraction of sp³-hybridized carbons (Fsp3) is 0.207. The van der Waals surface area contributed by atoms with Gasteiger partial charge in [0.1, 0.15) is 5.52 Å². The summed E-state index contributed by atoms with van der Waals surface area (Å²) in [6.07, 6.45) is 0.969. The van der Waals surface area contributed by atoms with E-state index in [4.69, 9.17) is 0 Å². The maximum Gasteiger partial charge on any atom is 0.274 e. The van der Waals surface area contributed by atoms with Crippen molar-refractivity contribution in [3.8, 4) is 11.3 Å². The molecule has 0 aliphatic rings. The number of aromatic amines is 1. The lowest BCUT2D eigenvalue weighted by Crippen LogP contribution is -2.27. The van der Waals surface area contributed by atoms with Crippen LogP contribution in [0.1, 0.15) is 52.8 Å². The first-order chi connectivity index (χ1) is 16.9. The van der Waals surface area contributed by atoms with Crippen LogP contribution in [0.25, 0.3) is 27.5 Å². The molecule has 2 aromatic heterocycles. The number of hydrogen-bond donors (Lipinski definition) is 2. The van der Waals surface area contributed by atoms with Crippen molar-refractivity contribution in [2.45, 2.75) is 40.2 Å². The number of rotatable bonds is 5. The lowest BCUT2D eigenvalue weighted by atomic mass is 10.0. The summed E-state index contributed by atoms with van der Waals surface area (Å²) in [5.74, 6) is -0.302. The number of H-pyrrole nitrogens is 1. The number of aromatic nitrogens is 3. The number of aryl methyl sites for hydroxylation is 3. The number of benzene rings is 3. The third-order valence-electron chi connectivity index (χ3n) is 6.74. The molecule has 2 N–H and O–H groups in total. The van der Waals surface area contributed by atoms with Gasteiger partial charge >= 0.3 is 0 Å². The van der Waals surface area contributed by atoms with Gasteiger partial charge in [-0.3, -0.25) is 9.59 Å². The molecule has 1 atom stereocenters. The zero-order chi connectivity index (χ0) is 24.7. The van der Waals surface area contributed by atoms with E-state index in [0.29, 0.717) is 16.8 Å². The van der Waals surface area contributed by atoms with Gasteiger partial charge in [0.15, 0.2) is 5.69 Å². The summed E-state index contributed by atoms with van der Waals surface area (Å²) in [4.78, 5) is 29.3. The minimum atomic E-state index is -0.302. The molecule has 0 saturated heterocycles. The fourth-order valence-electron chi connectivity index (χ4n) is 4.61. The van der Waals surface area contributed by atoms with Crippen molar-refractivity contribution >= 4 is 22.2 Å². The van der Waals surface area contributed by atoms with E-state index in [9.17, 15) is 9.59 Å². The molecule has 0 fully saturated rings. The molecule has 35 heavy (non-hydrogen) atoms. The van der Waals surface area contributed by atoms with Gasteiger partial charge in [0, 0.05) is 11.1 Å². The second-order valence-corrected chi connectivity index (χ2v) is 9.00. The molecule has 0 aliphatic heterocycles. The molecule has 0 saturated carbocycles. The number of hydrogen-bond acceptors (Lipinski definition) is 3. The van der Waals surface area contributed by atoms with Gasteiger partial charge in [-0.15, -0.1) is 0 Å². The first-order valence-corrected chi connectivity index (χ1v) is 11.9. The molecule has 5 aromatic rings. The van der Waals surface area contributed by atoms with Crippen molar-refractivity contribution in [3.63, 3.8) is 0 Å². The van der Waals surface area contributed by atoms with E-state index in [1.165, 1.54) is 5.56 Å². The van der Waals surface area contributed by atoms with Crippen LogP contribution in [0, 0.1) is 13.8 Å². The van der Waals surface area contributed by atoms with Crippen LogP contribution in [0.2, 0.25) is 0 Å². The molecule has 176 valence electrons. The van der Waals surface area contributed by atoms with Crippen LogP contribution in [-0.2, 0) is 6.42 Å². The second-order valence-electron chi connectivity index (χ2n) is 9.00. The van der Waals surface area contributed by atoms with Crippen molar-refractivity contribution in [2.75, 3.05) is 0 Å². The third-order valence-corrected chi connectivity index (χ3v) is 6.74. The van der Waals surface area contributed by atoms with E-state index < -0.39 is 0 Å². The number of nitrogens with one attached hydrogen (secondary N) is 2. The monoisotopic (exact) mass is 464 g/mol. The minimum Gasteiger partial charge on any atom is -0.344 e. The Balaban J connectivity index is 1.52. The van der Waals surface area contributed by atoms with E-state index in [-0.39, 0.29) is 23.2 Å². The SMILES string of the molecule is CCc1ccc(C(C)NC(=O)c2nn3c(C)c(-c4ccc5ccccc5c4)[nH]c(=O)c3c2C)cc1. The zero-order valence-corrected chi connectivity index (χ0v) is 20.3. The van der Waals surface area contributed by atoms with Crippen molar-refractivity contribution in [1.29, 1.82) is 0 Å². The molecule has 0 radical (unpaired) electrons. The summed E-state index contributed by atoms with van der Waals surface area (Å²) in [6.45, 7) is 7.73.